The minimum absolute atomic E-state index is 0.501. The minimum atomic E-state index is 0.501. The van der Waals surface area contributed by atoms with Gasteiger partial charge in [0.15, 0.2) is 0 Å². The molecule has 0 atom stereocenters. The van der Waals surface area contributed by atoms with E-state index >= 15 is 0 Å². The number of hydrogen-bond donors (Lipinski definition) is 0. The molecule has 0 unspecified atom stereocenters. The van der Waals surface area contributed by atoms with Gasteiger partial charge >= 0.3 is 0 Å². The Balaban J connectivity index is 2.23. The van der Waals surface area contributed by atoms with E-state index in [0.29, 0.717) is 17.9 Å². The first-order valence-electron chi connectivity index (χ1n) is 8.80. The van der Waals surface area contributed by atoms with Crippen molar-refractivity contribution in [2.24, 2.45) is 0 Å². The number of rotatable bonds is 6. The molecule has 0 aliphatic heterocycles. The van der Waals surface area contributed by atoms with E-state index in [4.69, 9.17) is 4.74 Å². The smallest absolute Gasteiger partial charge is 0.0720 e. The molecule has 118 valence electrons. The van der Waals surface area contributed by atoms with Crippen molar-refractivity contribution >= 4 is 0 Å². The first-order chi connectivity index (χ1) is 10.0. The lowest BCUT2D eigenvalue weighted by atomic mass is 9.85. The highest BCUT2D eigenvalue weighted by molar-refractivity contribution is 5.42. The van der Waals surface area contributed by atoms with Crippen LogP contribution in [0.3, 0.4) is 0 Å². The van der Waals surface area contributed by atoms with Crippen molar-refractivity contribution < 1.29 is 4.74 Å². The predicted octanol–water partition coefficient (Wildman–Crippen LogP) is 5.96. The van der Waals surface area contributed by atoms with Crippen LogP contribution >= 0.6 is 0 Å². The lowest BCUT2D eigenvalue weighted by Gasteiger charge is -2.21. The fraction of sp³-hybridized carbons (Fsp3) is 0.700. The Morgan fingerprint density at radius 2 is 1.52 bits per heavy atom. The van der Waals surface area contributed by atoms with Gasteiger partial charge in [-0.25, -0.2) is 0 Å². The molecule has 0 radical (unpaired) electrons. The van der Waals surface area contributed by atoms with Crippen LogP contribution in [0.1, 0.15) is 94.4 Å². The molecular weight excluding hydrogens is 256 g/mol. The third kappa shape index (κ3) is 4.10. The van der Waals surface area contributed by atoms with Crippen LogP contribution in [0.4, 0.5) is 0 Å². The molecule has 21 heavy (non-hydrogen) atoms. The molecular formula is C20H32O. The maximum Gasteiger partial charge on any atom is 0.0720 e. The summed E-state index contributed by atoms with van der Waals surface area (Å²) in [5.74, 6) is 1.17. The van der Waals surface area contributed by atoms with Crippen molar-refractivity contribution in [3.63, 3.8) is 0 Å². The molecule has 1 fully saturated rings. The summed E-state index contributed by atoms with van der Waals surface area (Å²) in [5, 5.41) is 0. The molecule has 1 heteroatoms. The summed E-state index contributed by atoms with van der Waals surface area (Å²) in [4.78, 5) is 0. The second kappa shape index (κ2) is 7.45. The van der Waals surface area contributed by atoms with Crippen molar-refractivity contribution in [1.29, 1.82) is 0 Å². The van der Waals surface area contributed by atoms with Crippen LogP contribution in [0.5, 0.6) is 0 Å². The Morgan fingerprint density at radius 1 is 1.00 bits per heavy atom. The summed E-state index contributed by atoms with van der Waals surface area (Å²) in [6.07, 6.45) is 6.82. The van der Waals surface area contributed by atoms with Crippen molar-refractivity contribution in [2.75, 3.05) is 0 Å². The molecule has 1 saturated carbocycles. The zero-order valence-electron chi connectivity index (χ0n) is 14.5. The summed E-state index contributed by atoms with van der Waals surface area (Å²) in [6, 6.07) is 4.79. The molecule has 0 N–H and O–H groups in total. The highest BCUT2D eigenvalue weighted by Crippen LogP contribution is 2.31. The topological polar surface area (TPSA) is 9.23 Å². The van der Waals surface area contributed by atoms with Gasteiger partial charge in [-0.1, -0.05) is 59.6 Å². The molecule has 2 rings (SSSR count). The van der Waals surface area contributed by atoms with Gasteiger partial charge in [0.25, 0.3) is 0 Å². The third-order valence-corrected chi connectivity index (χ3v) is 4.76. The van der Waals surface area contributed by atoms with Crippen LogP contribution in [0.25, 0.3) is 0 Å². The van der Waals surface area contributed by atoms with Crippen molar-refractivity contribution in [3.8, 4) is 0 Å². The van der Waals surface area contributed by atoms with E-state index in [0.717, 1.165) is 13.0 Å². The predicted molar refractivity (Wildman–Crippen MR) is 91.0 cm³/mol. The van der Waals surface area contributed by atoms with Gasteiger partial charge in [0.2, 0.25) is 0 Å². The van der Waals surface area contributed by atoms with Crippen LogP contribution in [0.2, 0.25) is 0 Å². The molecule has 0 saturated heterocycles. The maximum atomic E-state index is 6.13. The van der Waals surface area contributed by atoms with E-state index in [1.807, 2.05) is 0 Å². The second-order valence-electron chi connectivity index (χ2n) is 7.13. The minimum Gasteiger partial charge on any atom is -0.374 e. The van der Waals surface area contributed by atoms with Crippen molar-refractivity contribution in [2.45, 2.75) is 91.3 Å². The summed E-state index contributed by atoms with van der Waals surface area (Å²) in [7, 11) is 0. The van der Waals surface area contributed by atoms with Gasteiger partial charge in [-0.15, -0.1) is 0 Å². The molecule has 0 amide bonds. The van der Waals surface area contributed by atoms with Crippen LogP contribution in [0.15, 0.2) is 12.1 Å². The highest BCUT2D eigenvalue weighted by atomic mass is 16.5. The van der Waals surface area contributed by atoms with Gasteiger partial charge in [-0.2, -0.15) is 0 Å². The Hall–Kier alpha value is -0.820. The van der Waals surface area contributed by atoms with Crippen LogP contribution in [-0.4, -0.2) is 6.10 Å². The van der Waals surface area contributed by atoms with Crippen LogP contribution in [-0.2, 0) is 17.8 Å². The quantitative estimate of drug-likeness (QED) is 0.628. The van der Waals surface area contributed by atoms with E-state index in [1.54, 1.807) is 5.56 Å². The Labute approximate surface area is 131 Å². The molecule has 1 aliphatic rings. The summed E-state index contributed by atoms with van der Waals surface area (Å²) in [5.41, 5.74) is 5.97. The van der Waals surface area contributed by atoms with E-state index in [9.17, 15) is 0 Å². The van der Waals surface area contributed by atoms with Crippen LogP contribution in [0, 0.1) is 0 Å². The zero-order chi connectivity index (χ0) is 15.4. The van der Waals surface area contributed by atoms with Gasteiger partial charge in [-0.3, -0.25) is 0 Å². The SMILES string of the molecule is CCc1c(C(C)C)cc(COC2CCCC2)cc1C(C)C. The van der Waals surface area contributed by atoms with Gasteiger partial charge in [0.05, 0.1) is 12.7 Å². The molecule has 0 heterocycles. The lowest BCUT2D eigenvalue weighted by Crippen LogP contribution is -2.09. The number of benzene rings is 1. The van der Waals surface area contributed by atoms with Gasteiger partial charge < -0.3 is 4.74 Å². The first kappa shape index (κ1) is 16.5. The summed E-state index contributed by atoms with van der Waals surface area (Å²) < 4.78 is 6.13. The summed E-state index contributed by atoms with van der Waals surface area (Å²) in [6.45, 7) is 12.3. The Bertz CT molecular complexity index is 424. The van der Waals surface area contributed by atoms with Crippen molar-refractivity contribution in [3.05, 3.63) is 34.4 Å². The molecule has 1 nitrogen and oxygen atoms in total. The first-order valence-corrected chi connectivity index (χ1v) is 8.80. The zero-order valence-corrected chi connectivity index (χ0v) is 14.5. The Morgan fingerprint density at radius 3 is 1.95 bits per heavy atom. The fourth-order valence-corrected chi connectivity index (χ4v) is 3.57. The fourth-order valence-electron chi connectivity index (χ4n) is 3.57. The average Bonchev–Trinajstić information content (AvgIpc) is 2.97. The average molecular weight is 288 g/mol. The molecule has 1 aromatic carbocycles. The third-order valence-electron chi connectivity index (χ3n) is 4.76. The molecule has 0 spiro atoms. The van der Waals surface area contributed by atoms with Crippen molar-refractivity contribution in [1.82, 2.24) is 0 Å². The molecule has 1 aromatic rings. The second-order valence-corrected chi connectivity index (χ2v) is 7.13. The molecule has 0 aromatic heterocycles. The number of ether oxygens (including phenoxy) is 1. The molecule has 0 bridgehead atoms. The van der Waals surface area contributed by atoms with Gasteiger partial charge in [0.1, 0.15) is 0 Å². The standard InChI is InChI=1S/C20H32O/c1-6-18-19(14(2)3)11-16(12-20(18)15(4)5)13-21-17-9-7-8-10-17/h11-12,14-15,17H,6-10,13H2,1-5H3. The Kier molecular flexibility index (Phi) is 5.87. The van der Waals surface area contributed by atoms with E-state index in [1.165, 1.54) is 42.4 Å². The monoisotopic (exact) mass is 288 g/mol. The highest BCUT2D eigenvalue weighted by Gasteiger charge is 2.17. The normalized spacial score (nSPS) is 16.3. The van der Waals surface area contributed by atoms with Crippen LogP contribution < -0.4 is 0 Å². The van der Waals surface area contributed by atoms with E-state index < -0.39 is 0 Å². The summed E-state index contributed by atoms with van der Waals surface area (Å²) >= 11 is 0. The lowest BCUT2D eigenvalue weighted by molar-refractivity contribution is 0.0456. The maximum absolute atomic E-state index is 6.13. The van der Waals surface area contributed by atoms with E-state index in [2.05, 4.69) is 46.8 Å². The largest absolute Gasteiger partial charge is 0.374 e. The number of hydrogen-bond acceptors (Lipinski definition) is 1. The van der Waals surface area contributed by atoms with E-state index in [-0.39, 0.29) is 0 Å². The van der Waals surface area contributed by atoms with Gasteiger partial charge in [-0.05, 0) is 53.4 Å². The van der Waals surface area contributed by atoms with Gasteiger partial charge in [0, 0.05) is 0 Å². The molecule has 1 aliphatic carbocycles.